The van der Waals surface area contributed by atoms with Gasteiger partial charge >= 0.3 is 6.18 Å². The number of ether oxygens (including phenoxy) is 1. The van der Waals surface area contributed by atoms with Crippen LogP contribution in [0.2, 0.25) is 0 Å². The van der Waals surface area contributed by atoms with Gasteiger partial charge in [-0.25, -0.2) is 0 Å². The summed E-state index contributed by atoms with van der Waals surface area (Å²) in [6.45, 7) is 0.485. The molecule has 1 saturated carbocycles. The molecule has 100 valence electrons. The second-order valence-corrected chi connectivity index (χ2v) is 4.70. The van der Waals surface area contributed by atoms with Crippen molar-refractivity contribution in [3.05, 3.63) is 29.8 Å². The summed E-state index contributed by atoms with van der Waals surface area (Å²) in [5.74, 6) is 0.276. The Morgan fingerprint density at radius 2 is 2.00 bits per heavy atom. The molecule has 0 aliphatic heterocycles. The van der Waals surface area contributed by atoms with Crippen molar-refractivity contribution in [1.29, 1.82) is 0 Å². The van der Waals surface area contributed by atoms with Crippen LogP contribution in [-0.4, -0.2) is 12.1 Å². The molecule has 18 heavy (non-hydrogen) atoms. The molecule has 1 aliphatic carbocycles. The maximum absolute atomic E-state index is 12.6. The molecule has 0 saturated heterocycles. The van der Waals surface area contributed by atoms with Crippen LogP contribution < -0.4 is 10.5 Å². The fourth-order valence-corrected chi connectivity index (χ4v) is 2.22. The van der Waals surface area contributed by atoms with Gasteiger partial charge in [-0.15, -0.1) is 0 Å². The van der Waals surface area contributed by atoms with E-state index in [-0.39, 0.29) is 11.4 Å². The Balaban J connectivity index is 2.14. The summed E-state index contributed by atoms with van der Waals surface area (Å²) in [5, 5.41) is 0. The number of hydrogen-bond donors (Lipinski definition) is 1. The van der Waals surface area contributed by atoms with E-state index in [0.29, 0.717) is 13.0 Å². The average molecular weight is 259 g/mol. The van der Waals surface area contributed by atoms with Crippen molar-refractivity contribution in [3.8, 4) is 5.75 Å². The zero-order valence-corrected chi connectivity index (χ0v) is 9.96. The van der Waals surface area contributed by atoms with E-state index in [9.17, 15) is 13.2 Å². The first-order chi connectivity index (χ1) is 8.45. The predicted molar refractivity (Wildman–Crippen MR) is 62.3 cm³/mol. The fourth-order valence-electron chi connectivity index (χ4n) is 2.22. The van der Waals surface area contributed by atoms with E-state index in [4.69, 9.17) is 10.5 Å². The van der Waals surface area contributed by atoms with E-state index >= 15 is 0 Å². The van der Waals surface area contributed by atoms with E-state index in [1.807, 2.05) is 0 Å². The highest BCUT2D eigenvalue weighted by Crippen LogP contribution is 2.40. The van der Waals surface area contributed by atoms with Gasteiger partial charge < -0.3 is 10.5 Å². The highest BCUT2D eigenvalue weighted by molar-refractivity contribution is 5.31. The van der Waals surface area contributed by atoms with Gasteiger partial charge in [-0.2, -0.15) is 13.2 Å². The Hall–Kier alpha value is -1.23. The minimum Gasteiger partial charge on any atom is -0.487 e. The van der Waals surface area contributed by atoms with Crippen LogP contribution in [0.1, 0.15) is 31.2 Å². The number of alkyl halides is 3. The predicted octanol–water partition coefficient (Wildman–Crippen LogP) is 3.36. The molecule has 0 aromatic heterocycles. The zero-order chi connectivity index (χ0) is 13.2. The van der Waals surface area contributed by atoms with Crippen molar-refractivity contribution < 1.29 is 17.9 Å². The first-order valence-corrected chi connectivity index (χ1v) is 6.02. The van der Waals surface area contributed by atoms with Crippen LogP contribution in [-0.2, 0) is 6.18 Å². The summed E-state index contributed by atoms with van der Waals surface area (Å²) in [7, 11) is 0. The lowest BCUT2D eigenvalue weighted by atomic mass is 9.77. The Labute approximate surface area is 104 Å². The number of hydrogen-bond acceptors (Lipinski definition) is 2. The van der Waals surface area contributed by atoms with E-state index in [0.717, 1.165) is 31.4 Å². The number of rotatable bonds is 4. The summed E-state index contributed by atoms with van der Waals surface area (Å²) in [6.07, 6.45) is -0.886. The molecule has 2 rings (SSSR count). The van der Waals surface area contributed by atoms with E-state index in [1.54, 1.807) is 6.07 Å². The van der Waals surface area contributed by atoms with Crippen LogP contribution in [0.15, 0.2) is 24.3 Å². The molecule has 0 amide bonds. The summed E-state index contributed by atoms with van der Waals surface area (Å²) in [5.41, 5.74) is 4.49. The Kier molecular flexibility index (Phi) is 3.52. The Morgan fingerprint density at radius 1 is 1.28 bits per heavy atom. The molecule has 2 nitrogen and oxygen atoms in total. The van der Waals surface area contributed by atoms with Gasteiger partial charge in [0.25, 0.3) is 0 Å². The van der Waals surface area contributed by atoms with Crippen LogP contribution in [0.3, 0.4) is 0 Å². The molecular weight excluding hydrogens is 243 g/mol. The van der Waals surface area contributed by atoms with Crippen LogP contribution in [0.5, 0.6) is 5.75 Å². The molecule has 2 N–H and O–H groups in total. The first kappa shape index (κ1) is 13.2. The lowest BCUT2D eigenvalue weighted by Crippen LogP contribution is -2.44. The lowest BCUT2D eigenvalue weighted by Gasteiger charge is -2.42. The van der Waals surface area contributed by atoms with Crippen molar-refractivity contribution >= 4 is 0 Å². The second-order valence-electron chi connectivity index (χ2n) is 4.70. The Morgan fingerprint density at radius 3 is 2.50 bits per heavy atom. The standard InChI is InChI=1S/C13H16F3NO/c14-13(15,16)10-3-1-4-11(9-10)18-12(7-8-17)5-2-6-12/h1,3-4,9H,2,5-8,17H2. The topological polar surface area (TPSA) is 35.2 Å². The largest absolute Gasteiger partial charge is 0.487 e. The SMILES string of the molecule is NCCC1(Oc2cccc(C(F)(F)F)c2)CCC1. The maximum Gasteiger partial charge on any atom is 0.416 e. The fraction of sp³-hybridized carbons (Fsp3) is 0.538. The molecule has 1 aromatic rings. The molecule has 5 heteroatoms. The second kappa shape index (κ2) is 4.80. The smallest absolute Gasteiger partial charge is 0.416 e. The van der Waals surface area contributed by atoms with Crippen LogP contribution in [0, 0.1) is 0 Å². The monoisotopic (exact) mass is 259 g/mol. The third kappa shape index (κ3) is 2.77. The zero-order valence-electron chi connectivity index (χ0n) is 9.96. The first-order valence-electron chi connectivity index (χ1n) is 6.02. The summed E-state index contributed by atoms with van der Waals surface area (Å²) < 4.78 is 43.4. The van der Waals surface area contributed by atoms with Crippen molar-refractivity contribution in [3.63, 3.8) is 0 Å². The van der Waals surface area contributed by atoms with Gasteiger partial charge in [-0.1, -0.05) is 6.07 Å². The molecule has 0 bridgehead atoms. The van der Waals surface area contributed by atoms with Crippen molar-refractivity contribution in [2.24, 2.45) is 5.73 Å². The molecule has 0 unspecified atom stereocenters. The van der Waals surface area contributed by atoms with E-state index < -0.39 is 11.7 Å². The van der Waals surface area contributed by atoms with Gasteiger partial charge in [0.2, 0.25) is 0 Å². The molecule has 0 spiro atoms. The van der Waals surface area contributed by atoms with Gasteiger partial charge in [-0.3, -0.25) is 0 Å². The highest BCUT2D eigenvalue weighted by atomic mass is 19.4. The van der Waals surface area contributed by atoms with Crippen molar-refractivity contribution in [2.45, 2.75) is 37.5 Å². The number of nitrogens with two attached hydrogens (primary N) is 1. The van der Waals surface area contributed by atoms with Gasteiger partial charge in [0.1, 0.15) is 11.4 Å². The maximum atomic E-state index is 12.6. The minimum absolute atomic E-state index is 0.276. The van der Waals surface area contributed by atoms with Crippen LogP contribution in [0.25, 0.3) is 0 Å². The van der Waals surface area contributed by atoms with Crippen LogP contribution in [0.4, 0.5) is 13.2 Å². The summed E-state index contributed by atoms with van der Waals surface area (Å²) in [6, 6.07) is 5.03. The molecule has 1 aromatic carbocycles. The third-order valence-corrected chi connectivity index (χ3v) is 3.36. The van der Waals surface area contributed by atoms with Gasteiger partial charge in [0.15, 0.2) is 0 Å². The van der Waals surface area contributed by atoms with Gasteiger partial charge in [0.05, 0.1) is 5.56 Å². The van der Waals surface area contributed by atoms with Crippen molar-refractivity contribution in [1.82, 2.24) is 0 Å². The summed E-state index contributed by atoms with van der Waals surface area (Å²) in [4.78, 5) is 0. The van der Waals surface area contributed by atoms with Gasteiger partial charge in [0, 0.05) is 0 Å². The molecular formula is C13H16F3NO. The average Bonchev–Trinajstić information content (AvgIpc) is 2.25. The van der Waals surface area contributed by atoms with E-state index in [1.165, 1.54) is 6.07 Å². The minimum atomic E-state index is -4.33. The molecule has 0 atom stereocenters. The molecule has 1 aliphatic rings. The van der Waals surface area contributed by atoms with Crippen molar-refractivity contribution in [2.75, 3.05) is 6.54 Å². The molecule has 0 radical (unpaired) electrons. The quantitative estimate of drug-likeness (QED) is 0.899. The third-order valence-electron chi connectivity index (χ3n) is 3.36. The summed E-state index contributed by atoms with van der Waals surface area (Å²) >= 11 is 0. The normalized spacial score (nSPS) is 18.2. The van der Waals surface area contributed by atoms with Crippen LogP contribution >= 0.6 is 0 Å². The lowest BCUT2D eigenvalue weighted by molar-refractivity contribution is -0.137. The highest BCUT2D eigenvalue weighted by Gasteiger charge is 2.39. The Bertz CT molecular complexity index is 413. The van der Waals surface area contributed by atoms with Gasteiger partial charge in [-0.05, 0) is 50.4 Å². The van der Waals surface area contributed by atoms with E-state index in [2.05, 4.69) is 0 Å². The number of benzene rings is 1. The molecule has 1 fully saturated rings. The number of halogens is 3. The molecule has 0 heterocycles.